The molecule has 1 aromatic heterocycles. The highest BCUT2D eigenvalue weighted by Crippen LogP contribution is 2.26. The van der Waals surface area contributed by atoms with Gasteiger partial charge >= 0.3 is 5.97 Å². The molecule has 0 bridgehead atoms. The first kappa shape index (κ1) is 21.5. The molecule has 1 N–H and O–H groups in total. The molecule has 4 rings (SSSR count). The van der Waals surface area contributed by atoms with E-state index < -0.39 is 18.5 Å². The van der Waals surface area contributed by atoms with Gasteiger partial charge in [0.05, 0.1) is 12.1 Å². The minimum atomic E-state index is -0.564. The number of ether oxygens (including phenoxy) is 2. The molecule has 3 aromatic rings. The topological polar surface area (TPSA) is 97.8 Å². The number of nitrogens with zero attached hydrogens (tertiary/aromatic N) is 2. The monoisotopic (exact) mass is 451 g/mol. The molecule has 0 unspecified atom stereocenters. The predicted octanol–water partition coefficient (Wildman–Crippen LogP) is 3.79. The largest absolute Gasteiger partial charge is 0.457 e. The Kier molecular flexibility index (Phi) is 6.76. The average Bonchev–Trinajstić information content (AvgIpc) is 3.42. The number of para-hydroxylation sites is 1. The number of rotatable bonds is 8. The number of anilines is 2. The molecule has 164 valence electrons. The van der Waals surface area contributed by atoms with Crippen LogP contribution in [0.1, 0.15) is 18.5 Å². The number of hydrogen-bond acceptors (Lipinski definition) is 7. The quantitative estimate of drug-likeness (QED) is 0.524. The van der Waals surface area contributed by atoms with Gasteiger partial charge in [-0.05, 0) is 30.7 Å². The molecule has 1 fully saturated rings. The first-order valence-corrected chi connectivity index (χ1v) is 11.0. The van der Waals surface area contributed by atoms with Crippen molar-refractivity contribution in [3.63, 3.8) is 0 Å². The molecule has 2 aromatic carbocycles. The number of benzene rings is 2. The van der Waals surface area contributed by atoms with Gasteiger partial charge in [0.2, 0.25) is 5.91 Å². The minimum absolute atomic E-state index is 0.0448. The molecule has 1 saturated heterocycles. The van der Waals surface area contributed by atoms with Crippen LogP contribution < -0.4 is 15.0 Å². The van der Waals surface area contributed by atoms with Crippen LogP contribution >= 0.6 is 11.3 Å². The number of aromatic nitrogens is 1. The zero-order chi connectivity index (χ0) is 22.3. The van der Waals surface area contributed by atoms with Crippen LogP contribution in [0, 0.1) is 0 Å². The lowest BCUT2D eigenvalue weighted by molar-refractivity contribution is -0.146. The standard InChI is InChI=1S/C23H21N3O5S/c27-20(24-16-6-4-9-19(12-16)31-18-7-2-1-3-8-18)14-30-22(29)13-17-15-32-23(25-17)26-11-5-10-21(26)28/h1-4,6-9,12,15H,5,10-11,13-14H2,(H,24,27). The van der Waals surface area contributed by atoms with Crippen molar-refractivity contribution in [2.75, 3.05) is 23.4 Å². The van der Waals surface area contributed by atoms with Gasteiger partial charge in [0.25, 0.3) is 5.91 Å². The fraction of sp³-hybridized carbons (Fsp3) is 0.217. The minimum Gasteiger partial charge on any atom is -0.457 e. The van der Waals surface area contributed by atoms with Crippen molar-refractivity contribution in [2.45, 2.75) is 19.3 Å². The van der Waals surface area contributed by atoms with E-state index in [1.165, 1.54) is 11.3 Å². The summed E-state index contributed by atoms with van der Waals surface area (Å²) >= 11 is 1.32. The lowest BCUT2D eigenvalue weighted by Crippen LogP contribution is -2.23. The SMILES string of the molecule is O=C(COC(=O)Cc1csc(N2CCCC2=O)n1)Nc1cccc(Oc2ccccc2)c1. The van der Waals surface area contributed by atoms with Crippen molar-refractivity contribution in [1.82, 2.24) is 4.98 Å². The smallest absolute Gasteiger partial charge is 0.312 e. The summed E-state index contributed by atoms with van der Waals surface area (Å²) in [5, 5.41) is 4.99. The average molecular weight is 452 g/mol. The Morgan fingerprint density at radius 2 is 1.91 bits per heavy atom. The van der Waals surface area contributed by atoms with E-state index in [1.54, 1.807) is 34.5 Å². The van der Waals surface area contributed by atoms with E-state index in [0.29, 0.717) is 41.0 Å². The molecule has 0 radical (unpaired) electrons. The first-order chi connectivity index (χ1) is 15.6. The molecule has 0 spiro atoms. The highest BCUT2D eigenvalue weighted by Gasteiger charge is 2.24. The molecule has 1 aliphatic rings. The summed E-state index contributed by atoms with van der Waals surface area (Å²) in [6.07, 6.45) is 1.27. The van der Waals surface area contributed by atoms with Crippen molar-refractivity contribution in [2.24, 2.45) is 0 Å². The second-order valence-electron chi connectivity index (χ2n) is 7.10. The number of hydrogen-bond donors (Lipinski definition) is 1. The Morgan fingerprint density at radius 3 is 2.69 bits per heavy atom. The molecule has 9 heteroatoms. The van der Waals surface area contributed by atoms with Crippen LogP contribution in [0.2, 0.25) is 0 Å². The van der Waals surface area contributed by atoms with E-state index in [9.17, 15) is 14.4 Å². The summed E-state index contributed by atoms with van der Waals surface area (Å²) < 4.78 is 10.8. The van der Waals surface area contributed by atoms with Gasteiger partial charge < -0.3 is 14.8 Å². The molecule has 0 atom stereocenters. The van der Waals surface area contributed by atoms with Crippen molar-refractivity contribution in [3.8, 4) is 11.5 Å². The van der Waals surface area contributed by atoms with E-state index >= 15 is 0 Å². The number of nitrogens with one attached hydrogen (secondary N) is 1. The van der Waals surface area contributed by atoms with Crippen LogP contribution in [0.25, 0.3) is 0 Å². The lowest BCUT2D eigenvalue weighted by atomic mass is 10.3. The third-order valence-electron chi connectivity index (χ3n) is 4.63. The van der Waals surface area contributed by atoms with E-state index in [2.05, 4.69) is 10.3 Å². The van der Waals surface area contributed by atoms with Crippen molar-refractivity contribution in [3.05, 3.63) is 65.7 Å². The molecule has 0 saturated carbocycles. The van der Waals surface area contributed by atoms with E-state index in [4.69, 9.17) is 9.47 Å². The lowest BCUT2D eigenvalue weighted by Gasteiger charge is -2.10. The maximum Gasteiger partial charge on any atom is 0.312 e. The summed E-state index contributed by atoms with van der Waals surface area (Å²) in [4.78, 5) is 42.0. The normalized spacial score (nSPS) is 13.1. The molecule has 0 aliphatic carbocycles. The molecule has 8 nitrogen and oxygen atoms in total. The Balaban J connectivity index is 1.24. The van der Waals surface area contributed by atoms with E-state index in [-0.39, 0.29) is 12.3 Å². The molecule has 32 heavy (non-hydrogen) atoms. The Hall–Kier alpha value is -3.72. The highest BCUT2D eigenvalue weighted by molar-refractivity contribution is 7.14. The third-order valence-corrected chi connectivity index (χ3v) is 5.54. The van der Waals surface area contributed by atoms with Crippen LogP contribution in [0.3, 0.4) is 0 Å². The predicted molar refractivity (Wildman–Crippen MR) is 120 cm³/mol. The summed E-state index contributed by atoms with van der Waals surface area (Å²) in [7, 11) is 0. The summed E-state index contributed by atoms with van der Waals surface area (Å²) in [6, 6.07) is 16.2. The Morgan fingerprint density at radius 1 is 1.09 bits per heavy atom. The van der Waals surface area contributed by atoms with Crippen LogP contribution in [0.5, 0.6) is 11.5 Å². The molecular formula is C23H21N3O5S. The Labute approximate surface area is 188 Å². The molecular weight excluding hydrogens is 430 g/mol. The van der Waals surface area contributed by atoms with Gasteiger partial charge in [0.1, 0.15) is 11.5 Å². The summed E-state index contributed by atoms with van der Waals surface area (Å²) in [5.74, 6) is 0.275. The second kappa shape index (κ2) is 10.1. The number of thiazole rings is 1. The fourth-order valence-electron chi connectivity index (χ4n) is 3.16. The molecule has 2 heterocycles. The molecule has 2 amide bonds. The van der Waals surface area contributed by atoms with Gasteiger partial charge in [-0.1, -0.05) is 24.3 Å². The van der Waals surface area contributed by atoms with Gasteiger partial charge in [-0.25, -0.2) is 4.98 Å². The van der Waals surface area contributed by atoms with Gasteiger partial charge in [-0.3, -0.25) is 19.3 Å². The van der Waals surface area contributed by atoms with Gasteiger partial charge in [-0.15, -0.1) is 11.3 Å². The maximum absolute atomic E-state index is 12.2. The van der Waals surface area contributed by atoms with Crippen molar-refractivity contribution < 1.29 is 23.9 Å². The van der Waals surface area contributed by atoms with Crippen molar-refractivity contribution >= 4 is 39.9 Å². The maximum atomic E-state index is 12.2. The molecule has 1 aliphatic heterocycles. The van der Waals surface area contributed by atoms with Crippen LogP contribution in [0.15, 0.2) is 60.0 Å². The van der Waals surface area contributed by atoms with E-state index in [0.717, 1.165) is 6.42 Å². The van der Waals surface area contributed by atoms with Crippen molar-refractivity contribution in [1.29, 1.82) is 0 Å². The number of carbonyl (C=O) groups is 3. The van der Waals surface area contributed by atoms with Gasteiger partial charge in [-0.2, -0.15) is 0 Å². The van der Waals surface area contributed by atoms with E-state index in [1.807, 2.05) is 30.3 Å². The number of amides is 2. The number of esters is 1. The second-order valence-corrected chi connectivity index (χ2v) is 7.94. The third kappa shape index (κ3) is 5.70. The Bertz CT molecular complexity index is 1120. The van der Waals surface area contributed by atoms with Crippen LogP contribution in [-0.4, -0.2) is 35.9 Å². The van der Waals surface area contributed by atoms with Crippen LogP contribution in [0.4, 0.5) is 10.8 Å². The summed E-state index contributed by atoms with van der Waals surface area (Å²) in [6.45, 7) is 0.234. The van der Waals surface area contributed by atoms with Gasteiger partial charge in [0, 0.05) is 30.1 Å². The summed E-state index contributed by atoms with van der Waals surface area (Å²) in [5.41, 5.74) is 1.04. The number of carbonyl (C=O) groups excluding carboxylic acids is 3. The first-order valence-electron chi connectivity index (χ1n) is 10.1. The van der Waals surface area contributed by atoms with Crippen LogP contribution in [-0.2, 0) is 25.5 Å². The zero-order valence-electron chi connectivity index (χ0n) is 17.2. The van der Waals surface area contributed by atoms with Gasteiger partial charge in [0.15, 0.2) is 11.7 Å². The highest BCUT2D eigenvalue weighted by atomic mass is 32.1. The fourth-order valence-corrected chi connectivity index (χ4v) is 4.02. The zero-order valence-corrected chi connectivity index (χ0v) is 18.0.